The van der Waals surface area contributed by atoms with E-state index in [1.165, 1.54) is 18.2 Å². The monoisotopic (exact) mass is 271 g/mol. The van der Waals surface area contributed by atoms with Crippen LogP contribution in [0.5, 0.6) is 0 Å². The third-order valence-corrected chi connectivity index (χ3v) is 2.53. The number of aliphatic hydroxyl groups excluding tert-OH is 1. The largest absolute Gasteiger partial charge is 0.433 e. The van der Waals surface area contributed by atoms with Crippen LogP contribution in [0.3, 0.4) is 0 Å². The molecule has 0 aliphatic heterocycles. The molecule has 19 heavy (non-hydrogen) atoms. The molecule has 2 aromatic rings. The highest BCUT2D eigenvalue weighted by atomic mass is 19.4. The first-order chi connectivity index (χ1) is 8.90. The van der Waals surface area contributed by atoms with Crippen LogP contribution in [-0.2, 0) is 12.8 Å². The zero-order chi connectivity index (χ0) is 14.0. The normalized spacial score (nSPS) is 11.6. The molecule has 0 spiro atoms. The van der Waals surface area contributed by atoms with Gasteiger partial charge in [-0.2, -0.15) is 13.2 Å². The molecule has 100 valence electrons. The lowest BCUT2D eigenvalue weighted by Crippen LogP contribution is -2.07. The number of alkyl halides is 3. The maximum absolute atomic E-state index is 13.3. The summed E-state index contributed by atoms with van der Waals surface area (Å²) in [6, 6.07) is 5.86. The summed E-state index contributed by atoms with van der Waals surface area (Å²) in [4.78, 5) is 3.30. The standard InChI is InChI=1S/C13H9F4NO/c14-11-4-8(7-19)3-10(5-11)9-1-2-12(18-6-9)13(15,16)17/h1-6,19H,7H2. The first kappa shape index (κ1) is 13.5. The van der Waals surface area contributed by atoms with Gasteiger partial charge in [0.1, 0.15) is 11.5 Å². The molecule has 0 saturated heterocycles. The van der Waals surface area contributed by atoms with Crippen molar-refractivity contribution in [1.29, 1.82) is 0 Å². The maximum atomic E-state index is 13.3. The van der Waals surface area contributed by atoms with Crippen LogP contribution in [0.1, 0.15) is 11.3 Å². The molecule has 1 N–H and O–H groups in total. The summed E-state index contributed by atoms with van der Waals surface area (Å²) in [6.07, 6.45) is -3.48. The van der Waals surface area contributed by atoms with Gasteiger partial charge < -0.3 is 5.11 Å². The molecule has 2 rings (SSSR count). The lowest BCUT2D eigenvalue weighted by molar-refractivity contribution is -0.141. The first-order valence-corrected chi connectivity index (χ1v) is 5.34. The molecule has 0 atom stereocenters. The summed E-state index contributed by atoms with van der Waals surface area (Å²) in [5, 5.41) is 8.95. The smallest absolute Gasteiger partial charge is 0.392 e. The van der Waals surface area contributed by atoms with Gasteiger partial charge >= 0.3 is 6.18 Å². The van der Waals surface area contributed by atoms with E-state index in [1.807, 2.05) is 0 Å². The van der Waals surface area contributed by atoms with Gasteiger partial charge in [0.15, 0.2) is 0 Å². The Balaban J connectivity index is 2.40. The molecule has 2 nitrogen and oxygen atoms in total. The Morgan fingerprint density at radius 3 is 2.32 bits per heavy atom. The van der Waals surface area contributed by atoms with E-state index in [-0.39, 0.29) is 6.61 Å². The van der Waals surface area contributed by atoms with Crippen LogP contribution in [0.15, 0.2) is 36.5 Å². The van der Waals surface area contributed by atoms with E-state index in [9.17, 15) is 17.6 Å². The van der Waals surface area contributed by atoms with Gasteiger partial charge in [-0.25, -0.2) is 4.39 Å². The third kappa shape index (κ3) is 3.08. The molecule has 1 aromatic heterocycles. The van der Waals surface area contributed by atoms with Crippen molar-refractivity contribution in [2.45, 2.75) is 12.8 Å². The van der Waals surface area contributed by atoms with Crippen molar-refractivity contribution < 1.29 is 22.7 Å². The number of aromatic nitrogens is 1. The molecule has 0 fully saturated rings. The number of hydrogen-bond donors (Lipinski definition) is 1. The summed E-state index contributed by atoms with van der Waals surface area (Å²) >= 11 is 0. The predicted octanol–water partition coefficient (Wildman–Crippen LogP) is 3.40. The third-order valence-electron chi connectivity index (χ3n) is 2.53. The average Bonchev–Trinajstić information content (AvgIpc) is 2.37. The van der Waals surface area contributed by atoms with Crippen LogP contribution in [0.25, 0.3) is 11.1 Å². The van der Waals surface area contributed by atoms with Crippen molar-refractivity contribution in [3.63, 3.8) is 0 Å². The van der Waals surface area contributed by atoms with E-state index in [0.717, 1.165) is 18.3 Å². The van der Waals surface area contributed by atoms with Crippen molar-refractivity contribution in [3.8, 4) is 11.1 Å². The highest BCUT2D eigenvalue weighted by Gasteiger charge is 2.32. The van der Waals surface area contributed by atoms with Gasteiger partial charge in [0.25, 0.3) is 0 Å². The van der Waals surface area contributed by atoms with Crippen molar-refractivity contribution in [3.05, 3.63) is 53.6 Å². The van der Waals surface area contributed by atoms with Crippen LogP contribution in [0.4, 0.5) is 17.6 Å². The number of hydrogen-bond acceptors (Lipinski definition) is 2. The Morgan fingerprint density at radius 2 is 1.79 bits per heavy atom. The van der Waals surface area contributed by atoms with E-state index < -0.39 is 17.7 Å². The second-order valence-electron chi connectivity index (χ2n) is 3.94. The van der Waals surface area contributed by atoms with Crippen molar-refractivity contribution in [1.82, 2.24) is 4.98 Å². The summed E-state index contributed by atoms with van der Waals surface area (Å²) < 4.78 is 50.3. The van der Waals surface area contributed by atoms with E-state index in [2.05, 4.69) is 4.98 Å². The number of nitrogens with zero attached hydrogens (tertiary/aromatic N) is 1. The Kier molecular flexibility index (Phi) is 3.53. The minimum Gasteiger partial charge on any atom is -0.392 e. The Hall–Kier alpha value is -1.95. The Bertz CT molecular complexity index is 578. The molecular formula is C13H9F4NO. The number of rotatable bonds is 2. The van der Waals surface area contributed by atoms with Crippen molar-refractivity contribution in [2.75, 3.05) is 0 Å². The summed E-state index contributed by atoms with van der Waals surface area (Å²) in [5.41, 5.74) is 0.0532. The fourth-order valence-electron chi connectivity index (χ4n) is 1.64. The van der Waals surface area contributed by atoms with Gasteiger partial charge in [-0.05, 0) is 35.4 Å². The molecule has 6 heteroatoms. The number of benzene rings is 1. The van der Waals surface area contributed by atoms with E-state index in [0.29, 0.717) is 16.7 Å². The van der Waals surface area contributed by atoms with Gasteiger partial charge in [-0.15, -0.1) is 0 Å². The molecular weight excluding hydrogens is 262 g/mol. The van der Waals surface area contributed by atoms with Crippen molar-refractivity contribution in [2.24, 2.45) is 0 Å². The fraction of sp³-hybridized carbons (Fsp3) is 0.154. The first-order valence-electron chi connectivity index (χ1n) is 5.34. The molecule has 0 aliphatic carbocycles. The van der Waals surface area contributed by atoms with Gasteiger partial charge in [0.2, 0.25) is 0 Å². The van der Waals surface area contributed by atoms with Crippen LogP contribution in [-0.4, -0.2) is 10.1 Å². The van der Waals surface area contributed by atoms with Crippen LogP contribution in [0, 0.1) is 5.82 Å². The summed E-state index contributed by atoms with van der Waals surface area (Å²) in [7, 11) is 0. The van der Waals surface area contributed by atoms with Gasteiger partial charge in [-0.3, -0.25) is 4.98 Å². The second-order valence-corrected chi connectivity index (χ2v) is 3.94. The topological polar surface area (TPSA) is 33.1 Å². The molecule has 0 bridgehead atoms. The fourth-order valence-corrected chi connectivity index (χ4v) is 1.64. The predicted molar refractivity (Wildman–Crippen MR) is 60.6 cm³/mol. The number of aliphatic hydroxyl groups is 1. The molecule has 1 heterocycles. The van der Waals surface area contributed by atoms with E-state index >= 15 is 0 Å². The lowest BCUT2D eigenvalue weighted by Gasteiger charge is -2.08. The lowest BCUT2D eigenvalue weighted by atomic mass is 10.0. The highest BCUT2D eigenvalue weighted by Crippen LogP contribution is 2.29. The van der Waals surface area contributed by atoms with Gasteiger partial charge in [0, 0.05) is 11.8 Å². The number of halogens is 4. The average molecular weight is 271 g/mol. The minimum atomic E-state index is -4.50. The Morgan fingerprint density at radius 1 is 1.05 bits per heavy atom. The van der Waals surface area contributed by atoms with Crippen molar-refractivity contribution >= 4 is 0 Å². The SMILES string of the molecule is OCc1cc(F)cc(-c2ccc(C(F)(F)F)nc2)c1. The molecule has 0 amide bonds. The van der Waals surface area contributed by atoms with E-state index in [1.54, 1.807) is 0 Å². The van der Waals surface area contributed by atoms with Crippen LogP contribution >= 0.6 is 0 Å². The molecule has 1 aromatic carbocycles. The maximum Gasteiger partial charge on any atom is 0.433 e. The quantitative estimate of drug-likeness (QED) is 0.849. The molecule has 0 aliphatic rings. The van der Waals surface area contributed by atoms with E-state index in [4.69, 9.17) is 5.11 Å². The van der Waals surface area contributed by atoms with Gasteiger partial charge in [0.05, 0.1) is 6.61 Å². The molecule has 0 radical (unpaired) electrons. The molecule has 0 saturated carbocycles. The van der Waals surface area contributed by atoms with Gasteiger partial charge in [-0.1, -0.05) is 6.07 Å². The zero-order valence-corrected chi connectivity index (χ0v) is 9.58. The Labute approximate surface area is 106 Å². The summed E-state index contributed by atoms with van der Waals surface area (Å²) in [5.74, 6) is -0.568. The second kappa shape index (κ2) is 4.97. The highest BCUT2D eigenvalue weighted by molar-refractivity contribution is 5.63. The van der Waals surface area contributed by atoms with Crippen LogP contribution in [0.2, 0.25) is 0 Å². The van der Waals surface area contributed by atoms with Crippen LogP contribution < -0.4 is 0 Å². The molecule has 0 unspecified atom stereocenters. The minimum absolute atomic E-state index is 0.342. The number of pyridine rings is 1. The zero-order valence-electron chi connectivity index (χ0n) is 9.58. The summed E-state index contributed by atoms with van der Waals surface area (Å²) in [6.45, 7) is -0.348.